The molecule has 0 aromatic rings. The van der Waals surface area contributed by atoms with E-state index in [4.69, 9.17) is 5.21 Å². The van der Waals surface area contributed by atoms with Crippen molar-refractivity contribution in [2.45, 2.75) is 0 Å². The Morgan fingerprint density at radius 1 is 1.42 bits per heavy atom. The van der Waals surface area contributed by atoms with Crippen LogP contribution in [0.3, 0.4) is 0 Å². The first kappa shape index (κ1) is 16.9. The van der Waals surface area contributed by atoms with E-state index in [-0.39, 0.29) is 6.54 Å². The van der Waals surface area contributed by atoms with Crippen LogP contribution < -0.4 is 10.8 Å². The minimum atomic E-state index is -0.571. The van der Waals surface area contributed by atoms with Gasteiger partial charge >= 0.3 is 0 Å². The maximum absolute atomic E-state index is 12.2. The first-order chi connectivity index (χ1) is 9.12. The molecule has 0 amide bonds. The zero-order valence-electron chi connectivity index (χ0n) is 11.2. The molecule has 106 valence electrons. The molecule has 6 heteroatoms. The summed E-state index contributed by atoms with van der Waals surface area (Å²) in [5.41, 5.74) is 3.52. The van der Waals surface area contributed by atoms with Crippen molar-refractivity contribution in [3.8, 4) is 0 Å². The average molecular weight is 269 g/mol. The second-order valence-corrected chi connectivity index (χ2v) is 3.70. The van der Waals surface area contributed by atoms with Gasteiger partial charge in [0.05, 0.1) is 0 Å². The van der Waals surface area contributed by atoms with E-state index >= 15 is 0 Å². The summed E-state index contributed by atoms with van der Waals surface area (Å²) in [6.07, 6.45) is 6.44. The maximum Gasteiger partial charge on any atom is 0.144 e. The minimum Gasteiger partial charge on any atom is -0.382 e. The lowest BCUT2D eigenvalue weighted by Crippen LogP contribution is -2.24. The number of nitrogens with one attached hydrogen (secondary N) is 2. The Hall–Kier alpha value is -2.08. The molecular weight excluding hydrogens is 249 g/mol. The van der Waals surface area contributed by atoms with Crippen LogP contribution in [0.2, 0.25) is 0 Å². The number of hydrogen-bond acceptors (Lipinski definition) is 5. The number of carbonyl (C=O) groups excluding carboxylic acids is 1. The molecule has 0 heterocycles. The Labute approximate surface area is 112 Å². The van der Waals surface area contributed by atoms with Crippen molar-refractivity contribution in [3.05, 3.63) is 48.0 Å². The van der Waals surface area contributed by atoms with Crippen LogP contribution in [0.15, 0.2) is 48.0 Å². The van der Waals surface area contributed by atoms with Gasteiger partial charge in [-0.05, 0) is 6.08 Å². The van der Waals surface area contributed by atoms with Gasteiger partial charge in [-0.3, -0.25) is 15.5 Å². The third-order valence-electron chi connectivity index (χ3n) is 2.18. The van der Waals surface area contributed by atoms with Gasteiger partial charge in [0.15, 0.2) is 0 Å². The number of hydrogen-bond donors (Lipinski definition) is 3. The summed E-state index contributed by atoms with van der Waals surface area (Å²) in [6, 6.07) is 0. The van der Waals surface area contributed by atoms with Crippen LogP contribution in [0.5, 0.6) is 0 Å². The lowest BCUT2D eigenvalue weighted by molar-refractivity contribution is -0.104. The second kappa shape index (κ2) is 9.90. The van der Waals surface area contributed by atoms with E-state index in [1.165, 1.54) is 12.3 Å². The van der Waals surface area contributed by atoms with E-state index in [0.29, 0.717) is 23.3 Å². The molecule has 0 spiro atoms. The lowest BCUT2D eigenvalue weighted by Gasteiger charge is -2.22. The lowest BCUT2D eigenvalue weighted by atomic mass is 10.1. The summed E-state index contributed by atoms with van der Waals surface area (Å²) in [6.45, 7) is 3.11. The van der Waals surface area contributed by atoms with Crippen molar-refractivity contribution in [1.82, 2.24) is 15.7 Å². The molecule has 5 nitrogen and oxygen atoms in total. The number of aldehydes is 1. The number of allylic oxidation sites excluding steroid dienone is 3. The number of hydroxylamine groups is 1. The van der Waals surface area contributed by atoms with E-state index in [2.05, 4.69) is 11.9 Å². The SMILES string of the molecule is C=C\C=C(C(=C\NO)/C(=C\C=O)NCCF)\N(C)C. The summed E-state index contributed by atoms with van der Waals surface area (Å²) in [5.74, 6) is 0. The molecule has 0 rings (SSSR count). The third kappa shape index (κ3) is 5.87. The Bertz CT molecular complexity index is 387. The molecule has 0 radical (unpaired) electrons. The topological polar surface area (TPSA) is 64.6 Å². The Kier molecular flexibility index (Phi) is 8.82. The molecule has 0 saturated carbocycles. The van der Waals surface area contributed by atoms with Gasteiger partial charge in [-0.25, -0.2) is 4.39 Å². The molecule has 0 bridgehead atoms. The molecule has 0 aromatic heterocycles. The number of carbonyl (C=O) groups is 1. The van der Waals surface area contributed by atoms with Crippen molar-refractivity contribution >= 4 is 6.29 Å². The largest absolute Gasteiger partial charge is 0.382 e. The van der Waals surface area contributed by atoms with Gasteiger partial charge in [-0.1, -0.05) is 12.7 Å². The molecule has 0 saturated heterocycles. The smallest absolute Gasteiger partial charge is 0.144 e. The Balaban J connectivity index is 5.53. The third-order valence-corrected chi connectivity index (χ3v) is 2.18. The summed E-state index contributed by atoms with van der Waals surface area (Å²) < 4.78 is 12.2. The number of halogens is 1. The van der Waals surface area contributed by atoms with Crippen LogP contribution >= 0.6 is 0 Å². The fourth-order valence-corrected chi connectivity index (χ4v) is 1.44. The fraction of sp³-hybridized carbons (Fsp3) is 0.308. The highest BCUT2D eigenvalue weighted by Gasteiger charge is 2.12. The normalized spacial score (nSPS) is 12.9. The van der Waals surface area contributed by atoms with E-state index in [1.54, 1.807) is 31.1 Å². The highest BCUT2D eigenvalue weighted by Crippen LogP contribution is 2.19. The van der Waals surface area contributed by atoms with Gasteiger partial charge in [-0.15, -0.1) is 0 Å². The van der Waals surface area contributed by atoms with Crippen molar-refractivity contribution < 1.29 is 14.4 Å². The van der Waals surface area contributed by atoms with Gasteiger partial charge in [0.2, 0.25) is 0 Å². The van der Waals surface area contributed by atoms with Crippen LogP contribution in [0, 0.1) is 0 Å². The van der Waals surface area contributed by atoms with E-state index < -0.39 is 6.67 Å². The predicted octanol–water partition coefficient (Wildman–Crippen LogP) is 1.12. The van der Waals surface area contributed by atoms with Gasteiger partial charge < -0.3 is 10.2 Å². The van der Waals surface area contributed by atoms with Crippen LogP contribution in [-0.2, 0) is 4.79 Å². The Morgan fingerprint density at radius 3 is 2.53 bits per heavy atom. The van der Waals surface area contributed by atoms with Gasteiger partial charge in [-0.2, -0.15) is 0 Å². The first-order valence-electron chi connectivity index (χ1n) is 5.68. The van der Waals surface area contributed by atoms with Crippen LogP contribution in [0.4, 0.5) is 4.39 Å². The van der Waals surface area contributed by atoms with Crippen LogP contribution in [-0.4, -0.2) is 43.7 Å². The van der Waals surface area contributed by atoms with Crippen LogP contribution in [0.1, 0.15) is 0 Å². The van der Waals surface area contributed by atoms with Gasteiger partial charge in [0, 0.05) is 49.9 Å². The van der Waals surface area contributed by atoms with Crippen molar-refractivity contribution in [2.75, 3.05) is 27.3 Å². The highest BCUT2D eigenvalue weighted by atomic mass is 19.1. The van der Waals surface area contributed by atoms with Crippen molar-refractivity contribution in [2.24, 2.45) is 0 Å². The van der Waals surface area contributed by atoms with E-state index in [9.17, 15) is 9.18 Å². The maximum atomic E-state index is 12.2. The second-order valence-electron chi connectivity index (χ2n) is 3.70. The number of nitrogens with zero attached hydrogens (tertiary/aromatic N) is 1. The minimum absolute atomic E-state index is 0.0667. The molecule has 19 heavy (non-hydrogen) atoms. The monoisotopic (exact) mass is 269 g/mol. The molecular formula is C13H20FN3O2. The zero-order chi connectivity index (χ0) is 14.7. The molecule has 0 fully saturated rings. The molecule has 3 N–H and O–H groups in total. The van der Waals surface area contributed by atoms with Crippen molar-refractivity contribution in [3.63, 3.8) is 0 Å². The summed E-state index contributed by atoms with van der Waals surface area (Å²) in [7, 11) is 3.60. The quantitative estimate of drug-likeness (QED) is 0.253. The fourth-order valence-electron chi connectivity index (χ4n) is 1.44. The molecule has 0 aliphatic heterocycles. The number of rotatable bonds is 9. The van der Waals surface area contributed by atoms with Crippen LogP contribution in [0.25, 0.3) is 0 Å². The Morgan fingerprint density at radius 2 is 2.11 bits per heavy atom. The molecule has 0 unspecified atom stereocenters. The molecule has 0 aliphatic carbocycles. The summed E-state index contributed by atoms with van der Waals surface area (Å²) >= 11 is 0. The predicted molar refractivity (Wildman–Crippen MR) is 73.1 cm³/mol. The molecule has 0 aromatic carbocycles. The van der Waals surface area contributed by atoms with Gasteiger partial charge in [0.1, 0.15) is 13.0 Å². The summed E-state index contributed by atoms with van der Waals surface area (Å²) in [4.78, 5) is 12.4. The van der Waals surface area contributed by atoms with E-state index in [1.807, 2.05) is 5.48 Å². The standard InChI is InChI=1S/C13H20FN3O2/c1-4-5-13(17(2)3)11(10-16-19)12(6-9-18)15-8-7-14/h4-6,9-10,15-16,19H,1,7-8H2,2-3H3/b11-10-,12-6+,13-5+. The molecule has 0 atom stereocenters. The first-order valence-corrected chi connectivity index (χ1v) is 5.68. The van der Waals surface area contributed by atoms with Crippen molar-refractivity contribution in [1.29, 1.82) is 0 Å². The highest BCUT2D eigenvalue weighted by molar-refractivity contribution is 5.69. The number of alkyl halides is 1. The van der Waals surface area contributed by atoms with Gasteiger partial charge in [0.25, 0.3) is 0 Å². The number of likely N-dealkylation sites (N-methyl/N-ethyl adjacent to an activating group) is 1. The van der Waals surface area contributed by atoms with E-state index in [0.717, 1.165) is 0 Å². The summed E-state index contributed by atoms with van der Waals surface area (Å²) in [5, 5.41) is 11.6. The molecule has 0 aliphatic rings. The zero-order valence-corrected chi connectivity index (χ0v) is 11.2. The average Bonchev–Trinajstić information content (AvgIpc) is 2.38.